The average Bonchev–Trinajstić information content (AvgIpc) is 2.77. The van der Waals surface area contributed by atoms with Gasteiger partial charge in [-0.05, 0) is 57.0 Å². The highest BCUT2D eigenvalue weighted by atomic mass is 35.5. The van der Waals surface area contributed by atoms with Gasteiger partial charge in [0, 0.05) is 31.2 Å². The van der Waals surface area contributed by atoms with E-state index in [1.165, 1.54) is 19.0 Å². The first kappa shape index (κ1) is 28.6. The van der Waals surface area contributed by atoms with Gasteiger partial charge in [0.2, 0.25) is 11.8 Å². The number of rotatable bonds is 10. The molecule has 0 saturated heterocycles. The van der Waals surface area contributed by atoms with E-state index in [0.717, 1.165) is 14.2 Å². The highest BCUT2D eigenvalue weighted by molar-refractivity contribution is 7.90. The van der Waals surface area contributed by atoms with Gasteiger partial charge in [0.1, 0.15) is 12.6 Å². The van der Waals surface area contributed by atoms with E-state index in [2.05, 4.69) is 5.32 Å². The Kier molecular flexibility index (Phi) is 9.71. The minimum Gasteiger partial charge on any atom is -0.350 e. The van der Waals surface area contributed by atoms with Crippen molar-refractivity contribution in [3.63, 3.8) is 0 Å². The van der Waals surface area contributed by atoms with Crippen LogP contribution in [0.3, 0.4) is 0 Å². The summed E-state index contributed by atoms with van der Waals surface area (Å²) in [5, 5.41) is 3.49. The number of nitrogens with zero attached hydrogens (tertiary/aromatic N) is 3. The van der Waals surface area contributed by atoms with Crippen molar-refractivity contribution in [2.75, 3.05) is 24.9 Å². The maximum atomic E-state index is 13.7. The summed E-state index contributed by atoms with van der Waals surface area (Å²) in [6, 6.07) is 14.6. The van der Waals surface area contributed by atoms with Crippen molar-refractivity contribution >= 4 is 39.3 Å². The van der Waals surface area contributed by atoms with Crippen LogP contribution in [0.1, 0.15) is 39.7 Å². The van der Waals surface area contributed by atoms with Crippen molar-refractivity contribution in [3.05, 3.63) is 65.2 Å². The van der Waals surface area contributed by atoms with Crippen molar-refractivity contribution in [1.82, 2.24) is 14.5 Å². The quantitative estimate of drug-likeness (QED) is 0.515. The van der Waals surface area contributed by atoms with Crippen molar-refractivity contribution in [2.45, 2.75) is 52.2 Å². The summed E-state index contributed by atoms with van der Waals surface area (Å²) >= 11 is 6.02. The highest BCUT2D eigenvalue weighted by Crippen LogP contribution is 2.21. The number of benzene rings is 2. The summed E-state index contributed by atoms with van der Waals surface area (Å²) in [7, 11) is -1.16. The summed E-state index contributed by atoms with van der Waals surface area (Å²) < 4.78 is 28.4. The SMILES string of the molecule is CC[C@@H](C(=O)NC(C)(C)C)N(Cc1ccc(Cl)cc1)C(=O)CN(c1ccccc1)S(=O)(=O)N(C)C. The lowest BCUT2D eigenvalue weighted by Crippen LogP contribution is -2.55. The van der Waals surface area contributed by atoms with Crippen molar-refractivity contribution < 1.29 is 18.0 Å². The van der Waals surface area contributed by atoms with E-state index in [1.807, 2.05) is 27.7 Å². The van der Waals surface area contributed by atoms with Gasteiger partial charge >= 0.3 is 10.2 Å². The molecule has 2 aromatic rings. The predicted octanol–water partition coefficient (Wildman–Crippen LogP) is 3.67. The van der Waals surface area contributed by atoms with Crippen LogP contribution in [-0.2, 0) is 26.3 Å². The summed E-state index contributed by atoms with van der Waals surface area (Å²) in [5.41, 5.74) is 0.628. The molecule has 0 bridgehead atoms. The second-order valence-electron chi connectivity index (χ2n) is 9.44. The van der Waals surface area contributed by atoms with Crippen molar-refractivity contribution in [3.8, 4) is 0 Å². The second-order valence-corrected chi connectivity index (χ2v) is 11.9. The first-order valence-corrected chi connectivity index (χ1v) is 13.1. The van der Waals surface area contributed by atoms with E-state index in [1.54, 1.807) is 54.6 Å². The number of nitrogens with one attached hydrogen (secondary N) is 1. The minimum atomic E-state index is -3.98. The van der Waals surface area contributed by atoms with Gasteiger partial charge in [0.05, 0.1) is 5.69 Å². The molecule has 0 heterocycles. The summed E-state index contributed by atoms with van der Waals surface area (Å²) in [5.74, 6) is -0.797. The van der Waals surface area contributed by atoms with Crippen LogP contribution < -0.4 is 9.62 Å². The van der Waals surface area contributed by atoms with E-state index in [-0.39, 0.29) is 12.5 Å². The number of carbonyl (C=O) groups is 2. The molecule has 35 heavy (non-hydrogen) atoms. The maximum Gasteiger partial charge on any atom is 0.304 e. The van der Waals surface area contributed by atoms with Crippen LogP contribution in [-0.4, -0.2) is 61.7 Å². The Morgan fingerprint density at radius 3 is 2.06 bits per heavy atom. The Balaban J connectivity index is 2.48. The molecular formula is C25H35ClN4O4S. The smallest absolute Gasteiger partial charge is 0.304 e. The summed E-state index contributed by atoms with van der Waals surface area (Å²) in [6.07, 6.45) is 0.354. The lowest BCUT2D eigenvalue weighted by molar-refractivity contribution is -0.141. The molecule has 0 aliphatic heterocycles. The molecular weight excluding hydrogens is 488 g/mol. The molecule has 2 amide bonds. The molecule has 192 valence electrons. The van der Waals surface area contributed by atoms with Crippen molar-refractivity contribution in [2.24, 2.45) is 0 Å². The number of hydrogen-bond acceptors (Lipinski definition) is 4. The van der Waals surface area contributed by atoms with Gasteiger partial charge < -0.3 is 10.2 Å². The van der Waals surface area contributed by atoms with Crippen LogP contribution in [0, 0.1) is 0 Å². The van der Waals surface area contributed by atoms with Crippen LogP contribution in [0.5, 0.6) is 0 Å². The number of para-hydroxylation sites is 1. The number of carbonyl (C=O) groups excluding carboxylic acids is 2. The predicted molar refractivity (Wildman–Crippen MR) is 140 cm³/mol. The van der Waals surface area contributed by atoms with Gasteiger partial charge in [-0.25, -0.2) is 4.31 Å². The van der Waals surface area contributed by atoms with Crippen LogP contribution in [0.4, 0.5) is 5.69 Å². The molecule has 0 aromatic heterocycles. The van der Waals surface area contributed by atoms with E-state index in [0.29, 0.717) is 17.1 Å². The number of anilines is 1. The maximum absolute atomic E-state index is 13.7. The molecule has 0 fully saturated rings. The highest BCUT2D eigenvalue weighted by Gasteiger charge is 2.34. The zero-order valence-corrected chi connectivity index (χ0v) is 22.7. The summed E-state index contributed by atoms with van der Waals surface area (Å²) in [6.45, 7) is 7.08. The van der Waals surface area contributed by atoms with Gasteiger partial charge in [-0.1, -0.05) is 48.9 Å². The summed E-state index contributed by atoms with van der Waals surface area (Å²) in [4.78, 5) is 28.3. The monoisotopic (exact) mass is 522 g/mol. The number of amides is 2. The molecule has 10 heteroatoms. The third kappa shape index (κ3) is 7.95. The van der Waals surface area contributed by atoms with Crippen LogP contribution >= 0.6 is 11.6 Å². The van der Waals surface area contributed by atoms with Gasteiger partial charge in [0.25, 0.3) is 0 Å². The fraction of sp³-hybridized carbons (Fsp3) is 0.440. The van der Waals surface area contributed by atoms with Crippen LogP contribution in [0.25, 0.3) is 0 Å². The molecule has 1 atom stereocenters. The first-order chi connectivity index (χ1) is 16.3. The van der Waals surface area contributed by atoms with Crippen molar-refractivity contribution in [1.29, 1.82) is 0 Å². The number of halogens is 1. The molecule has 0 aliphatic rings. The van der Waals surface area contributed by atoms with E-state index in [4.69, 9.17) is 11.6 Å². The molecule has 0 radical (unpaired) electrons. The fourth-order valence-corrected chi connectivity index (χ4v) is 4.65. The van der Waals surface area contributed by atoms with Gasteiger partial charge in [-0.3, -0.25) is 9.59 Å². The average molecular weight is 523 g/mol. The molecule has 0 spiro atoms. The lowest BCUT2D eigenvalue weighted by atomic mass is 10.1. The fourth-order valence-electron chi connectivity index (χ4n) is 3.47. The molecule has 0 unspecified atom stereocenters. The Morgan fingerprint density at radius 2 is 1.57 bits per heavy atom. The van der Waals surface area contributed by atoms with E-state index >= 15 is 0 Å². The standard InChI is InChI=1S/C25H35ClN4O4S/c1-7-22(24(32)27-25(2,3)4)29(17-19-13-15-20(26)16-14-19)23(31)18-30(35(33,34)28(5)6)21-11-9-8-10-12-21/h8-16,22H,7,17-18H2,1-6H3,(H,27,32)/t22-/m0/s1. The zero-order chi connectivity index (χ0) is 26.4. The Morgan fingerprint density at radius 1 is 1.00 bits per heavy atom. The van der Waals surface area contributed by atoms with Crippen LogP contribution in [0.15, 0.2) is 54.6 Å². The third-order valence-corrected chi connectivity index (χ3v) is 7.29. The molecule has 0 aliphatic carbocycles. The third-order valence-electron chi connectivity index (χ3n) is 5.21. The molecule has 2 rings (SSSR count). The Bertz CT molecular complexity index is 1100. The van der Waals surface area contributed by atoms with Gasteiger partial charge in [-0.15, -0.1) is 0 Å². The largest absolute Gasteiger partial charge is 0.350 e. The molecule has 0 saturated carbocycles. The Labute approximate surface area is 214 Å². The zero-order valence-electron chi connectivity index (χ0n) is 21.2. The Hall–Kier alpha value is -2.62. The normalized spacial score (nSPS) is 12.8. The minimum absolute atomic E-state index is 0.122. The second kappa shape index (κ2) is 11.9. The topological polar surface area (TPSA) is 90.0 Å². The first-order valence-electron chi connectivity index (χ1n) is 11.4. The van der Waals surface area contributed by atoms with Crippen LogP contribution in [0.2, 0.25) is 5.02 Å². The van der Waals surface area contributed by atoms with Gasteiger partial charge in [-0.2, -0.15) is 12.7 Å². The number of hydrogen-bond donors (Lipinski definition) is 1. The molecule has 8 nitrogen and oxygen atoms in total. The van der Waals surface area contributed by atoms with E-state index in [9.17, 15) is 18.0 Å². The molecule has 2 aromatic carbocycles. The molecule has 1 N–H and O–H groups in total. The van der Waals surface area contributed by atoms with Gasteiger partial charge in [0.15, 0.2) is 0 Å². The van der Waals surface area contributed by atoms with E-state index < -0.39 is 34.2 Å². The lowest BCUT2D eigenvalue weighted by Gasteiger charge is -2.35.